The first kappa shape index (κ1) is 15.4. The van der Waals surface area contributed by atoms with Crippen LogP contribution in [-0.2, 0) is 20.7 Å². The molecular formula is C20H21NO3. The number of hydrogen-bond donors (Lipinski definition) is 0. The van der Waals surface area contributed by atoms with Crippen LogP contribution in [-0.4, -0.2) is 31.3 Å². The van der Waals surface area contributed by atoms with Crippen LogP contribution in [0.15, 0.2) is 54.6 Å². The van der Waals surface area contributed by atoms with Gasteiger partial charge in [0.1, 0.15) is 0 Å². The second-order valence-corrected chi connectivity index (χ2v) is 6.46. The van der Waals surface area contributed by atoms with Crippen LogP contribution in [0.5, 0.6) is 0 Å². The second-order valence-electron chi connectivity index (χ2n) is 6.46. The molecular weight excluding hydrogens is 302 g/mol. The minimum atomic E-state index is -0.306. The van der Waals surface area contributed by atoms with Crippen molar-refractivity contribution in [2.24, 2.45) is 5.92 Å². The highest BCUT2D eigenvalue weighted by Gasteiger charge is 2.52. The van der Waals surface area contributed by atoms with Gasteiger partial charge in [0.25, 0.3) is 0 Å². The molecule has 4 rings (SSSR count). The first-order valence-corrected chi connectivity index (χ1v) is 8.28. The number of hydrogen-bond acceptors (Lipinski definition) is 3. The van der Waals surface area contributed by atoms with Crippen molar-refractivity contribution in [3.8, 4) is 0 Å². The molecule has 2 aliphatic rings. The molecule has 24 heavy (non-hydrogen) atoms. The highest BCUT2D eigenvalue weighted by atomic mass is 16.7. The lowest BCUT2D eigenvalue weighted by Crippen LogP contribution is -2.56. The van der Waals surface area contributed by atoms with E-state index in [0.29, 0.717) is 0 Å². The van der Waals surface area contributed by atoms with E-state index in [1.807, 2.05) is 42.3 Å². The molecule has 0 N–H and O–H groups in total. The summed E-state index contributed by atoms with van der Waals surface area (Å²) in [7, 11) is 3.51. The van der Waals surface area contributed by atoms with Crippen molar-refractivity contribution < 1.29 is 14.3 Å². The van der Waals surface area contributed by atoms with Crippen LogP contribution in [0.2, 0.25) is 0 Å². The van der Waals surface area contributed by atoms with Gasteiger partial charge in [-0.3, -0.25) is 4.79 Å². The maximum Gasteiger partial charge on any atom is 0.231 e. The van der Waals surface area contributed by atoms with Crippen LogP contribution in [0.25, 0.3) is 0 Å². The molecule has 2 aromatic carbocycles. The van der Waals surface area contributed by atoms with Gasteiger partial charge in [-0.2, -0.15) is 0 Å². The summed E-state index contributed by atoms with van der Waals surface area (Å²) in [6, 6.07) is 18.4. The van der Waals surface area contributed by atoms with E-state index in [-0.39, 0.29) is 30.3 Å². The van der Waals surface area contributed by atoms with E-state index >= 15 is 0 Å². The van der Waals surface area contributed by atoms with Gasteiger partial charge in [0, 0.05) is 20.6 Å². The summed E-state index contributed by atoms with van der Waals surface area (Å²) in [4.78, 5) is 14.5. The molecule has 124 valence electrons. The lowest BCUT2D eigenvalue weighted by atomic mass is 9.75. The monoisotopic (exact) mass is 323 g/mol. The van der Waals surface area contributed by atoms with Gasteiger partial charge in [0.2, 0.25) is 5.91 Å². The van der Waals surface area contributed by atoms with Gasteiger partial charge in [-0.25, -0.2) is 0 Å². The molecule has 0 saturated carbocycles. The van der Waals surface area contributed by atoms with Crippen molar-refractivity contribution in [3.05, 3.63) is 71.3 Å². The minimum absolute atomic E-state index is 0.0346. The first-order valence-electron chi connectivity index (χ1n) is 8.28. The zero-order valence-electron chi connectivity index (χ0n) is 13.9. The Labute approximate surface area is 142 Å². The van der Waals surface area contributed by atoms with Crippen LogP contribution < -0.4 is 0 Å². The standard InChI is InChI=1S/C20H21NO3/c1-21-18(13-8-4-3-5-9-13)17(20(21)22)19-15-11-7-6-10-14(15)12-16(23-2)24-19/h3-11,16-19H,12H2,1-2H3/t16?,17-,18+,19+/m0/s1. The number of likely N-dealkylation sites (tertiary alicyclic amines) is 1. The number of fused-ring (bicyclic) bond motifs is 1. The smallest absolute Gasteiger partial charge is 0.231 e. The van der Waals surface area contributed by atoms with Gasteiger partial charge in [-0.15, -0.1) is 0 Å². The lowest BCUT2D eigenvalue weighted by Gasteiger charge is -2.50. The van der Waals surface area contributed by atoms with Crippen LogP contribution in [0.4, 0.5) is 0 Å². The summed E-state index contributed by atoms with van der Waals surface area (Å²) in [6.45, 7) is 0. The maximum absolute atomic E-state index is 12.7. The third kappa shape index (κ3) is 2.34. The molecule has 2 heterocycles. The molecule has 4 nitrogen and oxygen atoms in total. The van der Waals surface area contributed by atoms with Gasteiger partial charge >= 0.3 is 0 Å². The fourth-order valence-corrected chi connectivity index (χ4v) is 3.92. The largest absolute Gasteiger partial charge is 0.356 e. The van der Waals surface area contributed by atoms with Crippen molar-refractivity contribution in [2.75, 3.05) is 14.2 Å². The molecule has 1 amide bonds. The maximum atomic E-state index is 12.7. The lowest BCUT2D eigenvalue weighted by molar-refractivity contribution is -0.205. The average molecular weight is 323 g/mol. The molecule has 2 aromatic rings. The number of amides is 1. The van der Waals surface area contributed by atoms with Crippen LogP contribution in [0.1, 0.15) is 28.8 Å². The van der Waals surface area contributed by atoms with Crippen LogP contribution >= 0.6 is 0 Å². The highest BCUT2D eigenvalue weighted by Crippen LogP contribution is 2.49. The molecule has 0 aliphatic carbocycles. The molecule has 0 aromatic heterocycles. The number of ether oxygens (including phenoxy) is 2. The molecule has 0 radical (unpaired) electrons. The summed E-state index contributed by atoms with van der Waals surface area (Å²) in [6.07, 6.45) is 0.143. The number of carbonyl (C=O) groups excluding carboxylic acids is 1. The van der Waals surface area contributed by atoms with Gasteiger partial charge < -0.3 is 14.4 Å². The van der Waals surface area contributed by atoms with E-state index in [1.165, 1.54) is 5.56 Å². The van der Waals surface area contributed by atoms with E-state index in [2.05, 4.69) is 24.3 Å². The summed E-state index contributed by atoms with van der Waals surface area (Å²) >= 11 is 0. The predicted molar refractivity (Wildman–Crippen MR) is 90.2 cm³/mol. The van der Waals surface area contributed by atoms with Crippen molar-refractivity contribution in [1.29, 1.82) is 0 Å². The van der Waals surface area contributed by atoms with E-state index in [1.54, 1.807) is 7.11 Å². The Morgan fingerprint density at radius 2 is 1.79 bits per heavy atom. The Kier molecular flexibility index (Phi) is 3.87. The molecule has 1 fully saturated rings. The zero-order chi connectivity index (χ0) is 16.7. The minimum Gasteiger partial charge on any atom is -0.356 e. The Morgan fingerprint density at radius 1 is 1.08 bits per heavy atom. The van der Waals surface area contributed by atoms with Gasteiger partial charge in [0.05, 0.1) is 18.1 Å². The first-order chi connectivity index (χ1) is 11.7. The van der Waals surface area contributed by atoms with Crippen molar-refractivity contribution in [3.63, 3.8) is 0 Å². The van der Waals surface area contributed by atoms with Gasteiger partial charge in [-0.05, 0) is 16.7 Å². The molecule has 4 heteroatoms. The third-order valence-corrected chi connectivity index (χ3v) is 5.17. The quantitative estimate of drug-likeness (QED) is 0.815. The summed E-state index contributed by atoms with van der Waals surface area (Å²) in [5.74, 6) is -0.0862. The molecule has 1 unspecified atom stereocenters. The van der Waals surface area contributed by atoms with E-state index in [0.717, 1.165) is 17.5 Å². The van der Waals surface area contributed by atoms with Crippen LogP contribution in [0, 0.1) is 5.92 Å². The molecule has 1 saturated heterocycles. The number of carbonyl (C=O) groups is 1. The number of benzene rings is 2. The topological polar surface area (TPSA) is 38.8 Å². The van der Waals surface area contributed by atoms with Gasteiger partial charge in [0.15, 0.2) is 6.29 Å². The Hall–Kier alpha value is -2.17. The Bertz CT molecular complexity index is 746. The number of β-lactam (4-membered cyclic amide) rings is 1. The fourth-order valence-electron chi connectivity index (χ4n) is 3.92. The summed E-state index contributed by atoms with van der Waals surface area (Å²) in [5.41, 5.74) is 3.46. The summed E-state index contributed by atoms with van der Waals surface area (Å²) in [5, 5.41) is 0. The molecule has 4 atom stereocenters. The zero-order valence-corrected chi connectivity index (χ0v) is 13.9. The SMILES string of the molecule is COC1Cc2ccccc2[C@H]([C@H]2C(=O)N(C)[C@@H]2c2ccccc2)O1. The molecule has 0 spiro atoms. The normalized spacial score (nSPS) is 29.1. The molecule has 2 aliphatic heterocycles. The Balaban J connectivity index is 1.72. The molecule has 0 bridgehead atoms. The number of rotatable bonds is 3. The average Bonchev–Trinajstić information content (AvgIpc) is 2.65. The van der Waals surface area contributed by atoms with E-state index in [4.69, 9.17) is 9.47 Å². The summed E-state index contributed by atoms with van der Waals surface area (Å²) < 4.78 is 11.6. The van der Waals surface area contributed by atoms with Crippen LogP contribution in [0.3, 0.4) is 0 Å². The van der Waals surface area contributed by atoms with E-state index < -0.39 is 0 Å². The fraction of sp³-hybridized carbons (Fsp3) is 0.350. The Morgan fingerprint density at radius 3 is 2.54 bits per heavy atom. The predicted octanol–water partition coefficient (Wildman–Crippen LogP) is 3.10. The van der Waals surface area contributed by atoms with Crippen molar-refractivity contribution in [2.45, 2.75) is 24.9 Å². The van der Waals surface area contributed by atoms with Crippen molar-refractivity contribution >= 4 is 5.91 Å². The highest BCUT2D eigenvalue weighted by molar-refractivity contribution is 5.87. The van der Waals surface area contributed by atoms with E-state index in [9.17, 15) is 4.79 Å². The number of methoxy groups -OCH3 is 1. The van der Waals surface area contributed by atoms with Gasteiger partial charge in [-0.1, -0.05) is 54.6 Å². The number of nitrogens with zero attached hydrogens (tertiary/aromatic N) is 1. The third-order valence-electron chi connectivity index (χ3n) is 5.17. The second kappa shape index (κ2) is 6.04. The van der Waals surface area contributed by atoms with Crippen molar-refractivity contribution in [1.82, 2.24) is 4.90 Å².